The van der Waals surface area contributed by atoms with Gasteiger partial charge in [0, 0.05) is 6.20 Å². The average molecular weight is 128 g/mol. The van der Waals surface area contributed by atoms with Gasteiger partial charge in [-0.15, -0.1) is 0 Å². The van der Waals surface area contributed by atoms with Gasteiger partial charge in [0.05, 0.1) is 0 Å². The van der Waals surface area contributed by atoms with Crippen LogP contribution in [-0.4, -0.2) is 5.17 Å². The van der Waals surface area contributed by atoms with E-state index in [1.54, 1.807) is 5.41 Å². The maximum atomic E-state index is 5.27. The lowest BCUT2D eigenvalue weighted by Crippen LogP contribution is -2.03. The lowest BCUT2D eigenvalue weighted by molar-refractivity contribution is 1.56. The van der Waals surface area contributed by atoms with E-state index in [0.29, 0.717) is 5.17 Å². The van der Waals surface area contributed by atoms with Crippen molar-refractivity contribution < 1.29 is 0 Å². The molecule has 0 spiro atoms. The van der Waals surface area contributed by atoms with E-state index in [9.17, 15) is 0 Å². The van der Waals surface area contributed by atoms with Gasteiger partial charge in [0.25, 0.3) is 0 Å². The number of nitrogens with two attached hydrogens (primary N) is 1. The summed E-state index contributed by atoms with van der Waals surface area (Å²) in [4.78, 5) is 3.66. The number of nitrogens with zero attached hydrogens (tertiary/aromatic N) is 1. The summed E-state index contributed by atoms with van der Waals surface area (Å²) in [5.74, 6) is 0. The summed E-state index contributed by atoms with van der Waals surface area (Å²) in [6.07, 6.45) is 1.39. The fourth-order valence-electron chi connectivity index (χ4n) is 0.206. The molecule has 0 fully saturated rings. The number of hydrogen-bond donors (Lipinski definition) is 1. The van der Waals surface area contributed by atoms with Crippen LogP contribution in [0.15, 0.2) is 29.8 Å². The van der Waals surface area contributed by atoms with Gasteiger partial charge in [0.15, 0.2) is 5.17 Å². The molecule has 0 aromatic heterocycles. The molecule has 0 saturated carbocycles. The highest BCUT2D eigenvalue weighted by Crippen LogP contribution is 1.98. The number of aliphatic imine (C=N–C) groups is 1. The van der Waals surface area contributed by atoms with E-state index in [1.807, 2.05) is 0 Å². The van der Waals surface area contributed by atoms with Crippen molar-refractivity contribution in [2.75, 3.05) is 0 Å². The van der Waals surface area contributed by atoms with Crippen LogP contribution >= 0.6 is 11.8 Å². The molecule has 0 amide bonds. The van der Waals surface area contributed by atoms with Gasteiger partial charge in [-0.05, 0) is 5.41 Å². The molecule has 0 aromatic rings. The van der Waals surface area contributed by atoms with E-state index in [1.165, 1.54) is 18.0 Å². The molecule has 0 aliphatic carbocycles. The van der Waals surface area contributed by atoms with Gasteiger partial charge in [0.2, 0.25) is 0 Å². The van der Waals surface area contributed by atoms with Crippen LogP contribution in [0.5, 0.6) is 0 Å². The van der Waals surface area contributed by atoms with E-state index >= 15 is 0 Å². The first-order valence-electron chi connectivity index (χ1n) is 2.03. The summed E-state index contributed by atoms with van der Waals surface area (Å²) in [6, 6.07) is 0. The first kappa shape index (κ1) is 7.30. The Balaban J connectivity index is 3.60. The van der Waals surface area contributed by atoms with Crippen molar-refractivity contribution >= 4 is 16.9 Å². The zero-order chi connectivity index (χ0) is 6.41. The molecule has 3 heteroatoms. The van der Waals surface area contributed by atoms with Gasteiger partial charge in [-0.1, -0.05) is 24.9 Å². The summed E-state index contributed by atoms with van der Waals surface area (Å²) < 4.78 is 0. The summed E-state index contributed by atoms with van der Waals surface area (Å²) in [5.41, 5.74) is 5.27. The molecule has 0 saturated heterocycles. The quantitative estimate of drug-likeness (QED) is 0.450. The van der Waals surface area contributed by atoms with Crippen LogP contribution in [0, 0.1) is 0 Å². The second-order valence-electron chi connectivity index (χ2n) is 0.934. The van der Waals surface area contributed by atoms with Crippen LogP contribution in [0.3, 0.4) is 0 Å². The van der Waals surface area contributed by atoms with Crippen molar-refractivity contribution in [1.29, 1.82) is 0 Å². The van der Waals surface area contributed by atoms with Crippen molar-refractivity contribution in [2.45, 2.75) is 0 Å². The molecule has 0 aromatic carbocycles. The minimum Gasteiger partial charge on any atom is -0.378 e. The summed E-state index contributed by atoms with van der Waals surface area (Å²) in [7, 11) is 0. The Hall–Kier alpha value is -0.700. The third kappa shape index (κ3) is 3.49. The number of amidine groups is 1. The SMILES string of the molecule is C=CN=C(N)SC=C. The summed E-state index contributed by atoms with van der Waals surface area (Å²) in [6.45, 7) is 6.82. The molecule has 0 radical (unpaired) electrons. The molecule has 0 atom stereocenters. The molecule has 2 N–H and O–H groups in total. The Morgan fingerprint density at radius 2 is 2.25 bits per heavy atom. The zero-order valence-corrected chi connectivity index (χ0v) is 5.32. The van der Waals surface area contributed by atoms with E-state index < -0.39 is 0 Å². The van der Waals surface area contributed by atoms with Gasteiger partial charge in [-0.25, -0.2) is 4.99 Å². The largest absolute Gasteiger partial charge is 0.378 e. The summed E-state index contributed by atoms with van der Waals surface area (Å²) in [5, 5.41) is 2.08. The maximum absolute atomic E-state index is 5.27. The van der Waals surface area contributed by atoms with Crippen molar-refractivity contribution in [3.63, 3.8) is 0 Å². The Bertz CT molecular complexity index is 118. The van der Waals surface area contributed by atoms with Gasteiger partial charge in [0.1, 0.15) is 0 Å². The Morgan fingerprint density at radius 3 is 2.62 bits per heavy atom. The molecule has 0 aliphatic rings. The second-order valence-corrected chi connectivity index (χ2v) is 1.92. The molecule has 0 bridgehead atoms. The predicted molar refractivity (Wildman–Crippen MR) is 39.6 cm³/mol. The van der Waals surface area contributed by atoms with Crippen molar-refractivity contribution in [2.24, 2.45) is 10.7 Å². The molecule has 0 rings (SSSR count). The lowest BCUT2D eigenvalue weighted by atomic mass is 11.0. The molecular formula is C5H8N2S. The van der Waals surface area contributed by atoms with Crippen molar-refractivity contribution in [3.05, 3.63) is 24.8 Å². The van der Waals surface area contributed by atoms with Crippen LogP contribution in [0.1, 0.15) is 0 Å². The van der Waals surface area contributed by atoms with Crippen molar-refractivity contribution in [1.82, 2.24) is 0 Å². The minimum atomic E-state index is 0.468. The molecule has 8 heavy (non-hydrogen) atoms. The van der Waals surface area contributed by atoms with Crippen LogP contribution in [0.4, 0.5) is 0 Å². The van der Waals surface area contributed by atoms with Crippen LogP contribution < -0.4 is 5.73 Å². The van der Waals surface area contributed by atoms with Gasteiger partial charge in [-0.2, -0.15) is 0 Å². The zero-order valence-electron chi connectivity index (χ0n) is 4.50. The van der Waals surface area contributed by atoms with E-state index in [2.05, 4.69) is 18.2 Å². The fraction of sp³-hybridized carbons (Fsp3) is 0. The highest BCUT2D eigenvalue weighted by Gasteiger charge is 1.80. The normalized spacial score (nSPS) is 10.8. The smallest absolute Gasteiger partial charge is 0.162 e. The molecule has 0 unspecified atom stereocenters. The fourth-order valence-corrected chi connectivity index (χ4v) is 0.512. The van der Waals surface area contributed by atoms with E-state index in [0.717, 1.165) is 0 Å². The minimum absolute atomic E-state index is 0.468. The topological polar surface area (TPSA) is 38.4 Å². The molecule has 0 heterocycles. The first-order chi connectivity index (χ1) is 3.81. The third-order valence-electron chi connectivity index (χ3n) is 0.423. The third-order valence-corrected chi connectivity index (χ3v) is 0.936. The van der Waals surface area contributed by atoms with Crippen LogP contribution in [-0.2, 0) is 0 Å². The number of thioether (sulfide) groups is 1. The second kappa shape index (κ2) is 4.46. The highest BCUT2D eigenvalue weighted by atomic mass is 32.2. The average Bonchev–Trinajstić information content (AvgIpc) is 1.68. The summed E-state index contributed by atoms with van der Waals surface area (Å²) >= 11 is 1.28. The Kier molecular flexibility index (Phi) is 4.07. The van der Waals surface area contributed by atoms with Gasteiger partial charge >= 0.3 is 0 Å². The van der Waals surface area contributed by atoms with Crippen LogP contribution in [0.25, 0.3) is 0 Å². The molecule has 44 valence electrons. The van der Waals surface area contributed by atoms with Crippen molar-refractivity contribution in [3.8, 4) is 0 Å². The van der Waals surface area contributed by atoms with Gasteiger partial charge < -0.3 is 5.73 Å². The van der Waals surface area contributed by atoms with E-state index in [-0.39, 0.29) is 0 Å². The van der Waals surface area contributed by atoms with Gasteiger partial charge in [-0.3, -0.25) is 0 Å². The molecule has 2 nitrogen and oxygen atoms in total. The van der Waals surface area contributed by atoms with Crippen LogP contribution in [0.2, 0.25) is 0 Å². The highest BCUT2D eigenvalue weighted by molar-refractivity contribution is 8.16. The molecule has 0 aliphatic heterocycles. The first-order valence-corrected chi connectivity index (χ1v) is 2.91. The lowest BCUT2D eigenvalue weighted by Gasteiger charge is -1.86. The Morgan fingerprint density at radius 1 is 1.62 bits per heavy atom. The monoisotopic (exact) mass is 128 g/mol. The standard InChI is InChI=1S/C5H8N2S/c1-3-7-5(6)8-4-2/h3-4H,1-2H2,(H2,6,7). The number of rotatable bonds is 2. The molecular weight excluding hydrogens is 120 g/mol. The predicted octanol–water partition coefficient (Wildman–Crippen LogP) is 1.32. The number of hydrogen-bond acceptors (Lipinski definition) is 2. The van der Waals surface area contributed by atoms with E-state index in [4.69, 9.17) is 5.73 Å². The maximum Gasteiger partial charge on any atom is 0.162 e. The Labute approximate surface area is 53.2 Å².